The van der Waals surface area contributed by atoms with Crippen LogP contribution in [-0.2, 0) is 6.42 Å². The second kappa shape index (κ2) is 9.28. The lowest BCUT2D eigenvalue weighted by Gasteiger charge is -2.12. The zero-order valence-corrected chi connectivity index (χ0v) is 15.9. The summed E-state index contributed by atoms with van der Waals surface area (Å²) in [5.41, 5.74) is 1.10. The zero-order valence-electron chi connectivity index (χ0n) is 15.1. The molecular formula is C18H24N4O3S. The average Bonchev–Trinajstić information content (AvgIpc) is 3.27. The maximum absolute atomic E-state index is 5.75. The van der Waals surface area contributed by atoms with E-state index in [9.17, 15) is 0 Å². The minimum Gasteiger partial charge on any atom is -0.492 e. The van der Waals surface area contributed by atoms with Crippen LogP contribution in [0.25, 0.3) is 0 Å². The fraction of sp³-hybridized carbons (Fsp3) is 0.444. The predicted octanol–water partition coefficient (Wildman–Crippen LogP) is 2.36. The van der Waals surface area contributed by atoms with Crippen molar-refractivity contribution in [2.45, 2.75) is 20.3 Å². The molecule has 0 radical (unpaired) electrons. The van der Waals surface area contributed by atoms with E-state index in [1.807, 2.05) is 32.0 Å². The summed E-state index contributed by atoms with van der Waals surface area (Å²) in [6.45, 7) is 7.01. The number of hydrogen-bond acceptors (Lipinski definition) is 6. The quantitative estimate of drug-likeness (QED) is 0.418. The zero-order chi connectivity index (χ0) is 18.2. The third-order valence-corrected chi connectivity index (χ3v) is 4.48. The summed E-state index contributed by atoms with van der Waals surface area (Å²) in [7, 11) is 0. The minimum atomic E-state index is 0.267. The van der Waals surface area contributed by atoms with E-state index in [2.05, 4.69) is 26.0 Å². The summed E-state index contributed by atoms with van der Waals surface area (Å²) < 4.78 is 16.4. The Morgan fingerprint density at radius 3 is 3.00 bits per heavy atom. The third kappa shape index (κ3) is 5.26. The van der Waals surface area contributed by atoms with Crippen molar-refractivity contribution in [1.82, 2.24) is 15.6 Å². The summed E-state index contributed by atoms with van der Waals surface area (Å²) in [6.07, 6.45) is 0.842. The van der Waals surface area contributed by atoms with Crippen LogP contribution in [0.4, 0.5) is 0 Å². The molecule has 1 aliphatic rings. The smallest absolute Gasteiger partial charge is 0.231 e. The Hall–Kier alpha value is -2.48. The Balaban J connectivity index is 1.41. The molecule has 2 heterocycles. The number of ether oxygens (including phenoxy) is 3. The number of aromatic nitrogens is 1. The van der Waals surface area contributed by atoms with Crippen LogP contribution in [0.15, 0.2) is 28.6 Å². The van der Waals surface area contributed by atoms with Crippen molar-refractivity contribution in [1.29, 1.82) is 0 Å². The number of nitrogens with one attached hydrogen (secondary N) is 2. The van der Waals surface area contributed by atoms with Gasteiger partial charge < -0.3 is 24.8 Å². The highest BCUT2D eigenvalue weighted by atomic mass is 32.1. The fourth-order valence-corrected chi connectivity index (χ4v) is 3.10. The lowest BCUT2D eigenvalue weighted by Crippen LogP contribution is -2.39. The number of rotatable bonds is 8. The monoisotopic (exact) mass is 376 g/mol. The van der Waals surface area contributed by atoms with E-state index in [-0.39, 0.29) is 6.79 Å². The molecule has 7 nitrogen and oxygen atoms in total. The molecule has 0 fully saturated rings. The third-order valence-electron chi connectivity index (χ3n) is 3.66. The summed E-state index contributed by atoms with van der Waals surface area (Å²) in [5, 5.41) is 9.69. The molecule has 0 saturated heterocycles. The van der Waals surface area contributed by atoms with E-state index in [4.69, 9.17) is 14.2 Å². The van der Waals surface area contributed by atoms with Crippen molar-refractivity contribution in [2.75, 3.05) is 33.0 Å². The van der Waals surface area contributed by atoms with Gasteiger partial charge in [0.2, 0.25) is 6.79 Å². The van der Waals surface area contributed by atoms with Gasteiger partial charge in [0.05, 0.1) is 17.2 Å². The van der Waals surface area contributed by atoms with Gasteiger partial charge in [-0.2, -0.15) is 0 Å². The molecule has 1 aliphatic heterocycles. The van der Waals surface area contributed by atoms with Crippen molar-refractivity contribution >= 4 is 17.3 Å². The predicted molar refractivity (Wildman–Crippen MR) is 103 cm³/mol. The van der Waals surface area contributed by atoms with Gasteiger partial charge in [0.15, 0.2) is 17.5 Å². The van der Waals surface area contributed by atoms with Gasteiger partial charge in [-0.25, -0.2) is 4.98 Å². The van der Waals surface area contributed by atoms with E-state index in [0.717, 1.165) is 46.9 Å². The lowest BCUT2D eigenvalue weighted by molar-refractivity contribution is 0.173. The van der Waals surface area contributed by atoms with Crippen LogP contribution >= 0.6 is 11.3 Å². The molecular weight excluding hydrogens is 352 g/mol. The molecule has 1 aromatic heterocycles. The molecule has 0 bridgehead atoms. The van der Waals surface area contributed by atoms with E-state index in [1.54, 1.807) is 11.3 Å². The first-order valence-electron chi connectivity index (χ1n) is 8.70. The molecule has 1 aromatic carbocycles. The van der Waals surface area contributed by atoms with Gasteiger partial charge in [0.1, 0.15) is 12.4 Å². The first kappa shape index (κ1) is 18.3. The normalized spacial score (nSPS) is 12.9. The Kier molecular flexibility index (Phi) is 6.54. The van der Waals surface area contributed by atoms with E-state index in [0.29, 0.717) is 19.7 Å². The maximum atomic E-state index is 5.75. The fourth-order valence-electron chi connectivity index (χ4n) is 2.45. The summed E-state index contributed by atoms with van der Waals surface area (Å²) in [5.74, 6) is 3.03. The first-order valence-corrected chi connectivity index (χ1v) is 9.58. The maximum Gasteiger partial charge on any atom is 0.231 e. The number of nitrogens with zero attached hydrogens (tertiary/aromatic N) is 2. The van der Waals surface area contributed by atoms with Crippen molar-refractivity contribution in [3.05, 3.63) is 34.3 Å². The van der Waals surface area contributed by atoms with Gasteiger partial charge in [-0.3, -0.25) is 4.99 Å². The molecule has 3 rings (SSSR count). The summed E-state index contributed by atoms with van der Waals surface area (Å²) >= 11 is 1.67. The SMILES string of the molecule is CCNC(=NCCc1csc(C)n1)NCCOc1ccc2c(c1)OCO2. The second-order valence-corrected chi connectivity index (χ2v) is 6.72. The largest absolute Gasteiger partial charge is 0.492 e. The topological polar surface area (TPSA) is 77.0 Å². The minimum absolute atomic E-state index is 0.267. The Morgan fingerprint density at radius 1 is 1.31 bits per heavy atom. The molecule has 2 N–H and O–H groups in total. The van der Waals surface area contributed by atoms with Crippen LogP contribution < -0.4 is 24.8 Å². The Morgan fingerprint density at radius 2 is 2.19 bits per heavy atom. The summed E-state index contributed by atoms with van der Waals surface area (Å²) in [6, 6.07) is 5.58. The molecule has 0 aliphatic carbocycles. The molecule has 0 saturated carbocycles. The van der Waals surface area contributed by atoms with Crippen LogP contribution in [0.2, 0.25) is 0 Å². The second-order valence-electron chi connectivity index (χ2n) is 5.66. The number of aryl methyl sites for hydroxylation is 1. The highest BCUT2D eigenvalue weighted by Crippen LogP contribution is 2.34. The molecule has 26 heavy (non-hydrogen) atoms. The van der Waals surface area contributed by atoms with Crippen molar-refractivity contribution in [3.63, 3.8) is 0 Å². The van der Waals surface area contributed by atoms with Gasteiger partial charge in [-0.15, -0.1) is 11.3 Å². The Labute approximate surface area is 157 Å². The van der Waals surface area contributed by atoms with Gasteiger partial charge in [0, 0.05) is 31.0 Å². The van der Waals surface area contributed by atoms with Gasteiger partial charge in [-0.1, -0.05) is 0 Å². The number of thiazole rings is 1. The molecule has 0 amide bonds. The molecule has 0 atom stereocenters. The first-order chi connectivity index (χ1) is 12.7. The number of aliphatic imine (C=N–C) groups is 1. The van der Waals surface area contributed by atoms with Crippen molar-refractivity contribution in [3.8, 4) is 17.2 Å². The number of benzene rings is 1. The van der Waals surface area contributed by atoms with Crippen LogP contribution in [-0.4, -0.2) is 44.0 Å². The number of guanidine groups is 1. The highest BCUT2D eigenvalue weighted by Gasteiger charge is 2.13. The molecule has 0 spiro atoms. The van der Waals surface area contributed by atoms with E-state index < -0.39 is 0 Å². The van der Waals surface area contributed by atoms with E-state index in [1.165, 1.54) is 0 Å². The summed E-state index contributed by atoms with van der Waals surface area (Å²) in [4.78, 5) is 9.03. The molecule has 140 valence electrons. The standard InChI is InChI=1S/C18H24N4O3S/c1-3-19-18(20-7-6-14-11-26-13(2)22-14)21-8-9-23-15-4-5-16-17(10-15)25-12-24-16/h4-5,10-11H,3,6-9,12H2,1-2H3,(H2,19,20,21). The molecule has 0 unspecified atom stereocenters. The number of fused-ring (bicyclic) bond motifs is 1. The van der Waals surface area contributed by atoms with Crippen LogP contribution in [0.1, 0.15) is 17.6 Å². The average molecular weight is 376 g/mol. The van der Waals surface area contributed by atoms with Crippen molar-refractivity contribution in [2.24, 2.45) is 4.99 Å². The van der Waals surface area contributed by atoms with Gasteiger partial charge in [-0.05, 0) is 26.0 Å². The van der Waals surface area contributed by atoms with E-state index >= 15 is 0 Å². The van der Waals surface area contributed by atoms with Crippen LogP contribution in [0, 0.1) is 6.92 Å². The van der Waals surface area contributed by atoms with Crippen LogP contribution in [0.3, 0.4) is 0 Å². The highest BCUT2D eigenvalue weighted by molar-refractivity contribution is 7.09. The number of hydrogen-bond donors (Lipinski definition) is 2. The van der Waals surface area contributed by atoms with Crippen LogP contribution in [0.5, 0.6) is 17.2 Å². The lowest BCUT2D eigenvalue weighted by atomic mass is 10.3. The van der Waals surface area contributed by atoms with Gasteiger partial charge in [0.25, 0.3) is 0 Å². The van der Waals surface area contributed by atoms with Gasteiger partial charge >= 0.3 is 0 Å². The Bertz CT molecular complexity index is 748. The molecule has 2 aromatic rings. The van der Waals surface area contributed by atoms with Crippen molar-refractivity contribution < 1.29 is 14.2 Å². The molecule has 8 heteroatoms.